The van der Waals surface area contributed by atoms with E-state index in [1.54, 1.807) is 18.2 Å². The third-order valence-electron chi connectivity index (χ3n) is 2.46. The molecular formula is C15H10I2O2. The predicted octanol–water partition coefficient (Wildman–Crippen LogP) is 4.76. The number of carbonyl (C=O) groups is 1. The molecule has 0 spiro atoms. The number of rotatable bonds is 3. The van der Waals surface area contributed by atoms with Gasteiger partial charge in [0.1, 0.15) is 0 Å². The summed E-state index contributed by atoms with van der Waals surface area (Å²) in [5.41, 5.74) is 1.55. The molecule has 2 rings (SSSR count). The molecule has 0 bridgehead atoms. The second-order valence-electron chi connectivity index (χ2n) is 3.77. The molecule has 2 nitrogen and oxygen atoms in total. The van der Waals surface area contributed by atoms with Crippen LogP contribution in [-0.2, 0) is 0 Å². The van der Waals surface area contributed by atoms with E-state index < -0.39 is 0 Å². The van der Waals surface area contributed by atoms with Crippen molar-refractivity contribution >= 4 is 57.2 Å². The summed E-state index contributed by atoms with van der Waals surface area (Å²) in [5.74, 6) is 0.253. The Morgan fingerprint density at radius 3 is 2.21 bits per heavy atom. The van der Waals surface area contributed by atoms with Crippen LogP contribution in [0, 0.1) is 7.14 Å². The predicted molar refractivity (Wildman–Crippen MR) is 93.4 cm³/mol. The summed E-state index contributed by atoms with van der Waals surface area (Å²) in [6, 6.07) is 12.8. The minimum absolute atomic E-state index is 0.345. The van der Waals surface area contributed by atoms with Gasteiger partial charge in [-0.2, -0.15) is 0 Å². The highest BCUT2D eigenvalue weighted by molar-refractivity contribution is 14.1. The topological polar surface area (TPSA) is 26.3 Å². The molecule has 0 radical (unpaired) electrons. The molecule has 0 saturated carbocycles. The highest BCUT2D eigenvalue weighted by atomic mass is 127. The van der Waals surface area contributed by atoms with Gasteiger partial charge in [-0.3, -0.25) is 0 Å². The molecule has 0 saturated heterocycles. The molecule has 0 aliphatic heterocycles. The third-order valence-corrected chi connectivity index (χ3v) is 4.06. The van der Waals surface area contributed by atoms with Crippen LogP contribution in [0.5, 0.6) is 5.75 Å². The third kappa shape index (κ3) is 3.56. The molecule has 96 valence electrons. The van der Waals surface area contributed by atoms with Crippen LogP contribution in [0.2, 0.25) is 0 Å². The largest absolute Gasteiger partial charge is 0.421 e. The zero-order valence-corrected chi connectivity index (χ0v) is 14.2. The molecule has 4 heteroatoms. The average Bonchev–Trinajstić information content (AvgIpc) is 2.43. The highest BCUT2D eigenvalue weighted by Crippen LogP contribution is 2.30. The molecule has 0 unspecified atom stereocenters. The lowest BCUT2D eigenvalue weighted by atomic mass is 10.2. The van der Waals surface area contributed by atoms with Gasteiger partial charge in [0.2, 0.25) is 0 Å². The van der Waals surface area contributed by atoms with Gasteiger partial charge in [0, 0.05) is 0 Å². The molecule has 19 heavy (non-hydrogen) atoms. The van der Waals surface area contributed by atoms with Crippen molar-refractivity contribution in [2.75, 3.05) is 0 Å². The number of hydrogen-bond donors (Lipinski definition) is 0. The maximum atomic E-state index is 12.0. The van der Waals surface area contributed by atoms with E-state index in [0.717, 1.165) is 12.7 Å². The van der Waals surface area contributed by atoms with Crippen LogP contribution in [0.1, 0.15) is 15.9 Å². The molecule has 0 atom stereocenters. The number of benzene rings is 2. The van der Waals surface area contributed by atoms with E-state index in [0.29, 0.717) is 11.3 Å². The first-order valence-corrected chi connectivity index (χ1v) is 7.66. The summed E-state index contributed by atoms with van der Waals surface area (Å²) < 4.78 is 7.26. The van der Waals surface area contributed by atoms with Crippen molar-refractivity contribution in [3.05, 3.63) is 67.3 Å². The van der Waals surface area contributed by atoms with Crippen molar-refractivity contribution in [3.63, 3.8) is 0 Å². The van der Waals surface area contributed by atoms with Crippen LogP contribution in [-0.4, -0.2) is 5.97 Å². The van der Waals surface area contributed by atoms with Crippen LogP contribution >= 0.6 is 45.2 Å². The standard InChI is InChI=1S/C15H10I2O2/c1-2-10-8-12(16)14(13(17)9-10)19-15(18)11-6-4-3-5-7-11/h2-9H,1H2. The Labute approximate surface area is 139 Å². The van der Waals surface area contributed by atoms with Crippen molar-refractivity contribution in [3.8, 4) is 5.75 Å². The Morgan fingerprint density at radius 1 is 1.11 bits per heavy atom. The van der Waals surface area contributed by atoms with E-state index >= 15 is 0 Å². The molecule has 0 fully saturated rings. The number of esters is 1. The first kappa shape index (κ1) is 14.5. The monoisotopic (exact) mass is 476 g/mol. The number of ether oxygens (including phenoxy) is 1. The molecule has 0 N–H and O–H groups in total. The maximum Gasteiger partial charge on any atom is 0.343 e. The van der Waals surface area contributed by atoms with Crippen molar-refractivity contribution in [1.82, 2.24) is 0 Å². The van der Waals surface area contributed by atoms with E-state index in [1.807, 2.05) is 30.3 Å². The second kappa shape index (κ2) is 6.51. The molecule has 0 amide bonds. The van der Waals surface area contributed by atoms with Gasteiger partial charge in [-0.1, -0.05) is 30.9 Å². The Balaban J connectivity index is 2.29. The van der Waals surface area contributed by atoms with Crippen LogP contribution in [0.4, 0.5) is 0 Å². The molecule has 0 heterocycles. The summed E-state index contributed by atoms with van der Waals surface area (Å²) in [5, 5.41) is 0. The van der Waals surface area contributed by atoms with Crippen LogP contribution < -0.4 is 4.74 Å². The van der Waals surface area contributed by atoms with Gasteiger partial charge in [-0.25, -0.2) is 4.79 Å². The van der Waals surface area contributed by atoms with Crippen LogP contribution in [0.15, 0.2) is 49.0 Å². The van der Waals surface area contributed by atoms with E-state index in [1.165, 1.54) is 0 Å². The van der Waals surface area contributed by atoms with Gasteiger partial charge >= 0.3 is 5.97 Å². The number of carbonyl (C=O) groups excluding carboxylic acids is 1. The Kier molecular flexibility index (Phi) is 4.98. The van der Waals surface area contributed by atoms with Crippen LogP contribution in [0.25, 0.3) is 6.08 Å². The van der Waals surface area contributed by atoms with Gasteiger partial charge in [-0.05, 0) is 75.0 Å². The fraction of sp³-hybridized carbons (Fsp3) is 0. The van der Waals surface area contributed by atoms with Gasteiger partial charge in [0.05, 0.1) is 12.7 Å². The van der Waals surface area contributed by atoms with Gasteiger partial charge in [0.15, 0.2) is 5.75 Å². The number of halogens is 2. The summed E-state index contributed by atoms with van der Waals surface area (Å²) in [6.07, 6.45) is 1.77. The van der Waals surface area contributed by atoms with Gasteiger partial charge in [0.25, 0.3) is 0 Å². The lowest BCUT2D eigenvalue weighted by Gasteiger charge is -2.09. The summed E-state index contributed by atoms with van der Waals surface area (Å²) >= 11 is 4.32. The van der Waals surface area contributed by atoms with E-state index in [-0.39, 0.29) is 5.97 Å². The van der Waals surface area contributed by atoms with Gasteiger partial charge < -0.3 is 4.74 Å². The molecular weight excluding hydrogens is 466 g/mol. The fourth-order valence-corrected chi connectivity index (χ4v) is 3.56. The molecule has 0 aliphatic carbocycles. The van der Waals surface area contributed by atoms with Crippen molar-refractivity contribution < 1.29 is 9.53 Å². The van der Waals surface area contributed by atoms with E-state index in [4.69, 9.17) is 4.74 Å². The molecule has 2 aromatic carbocycles. The second-order valence-corrected chi connectivity index (χ2v) is 6.10. The Bertz CT molecular complexity index is 598. The molecule has 0 aliphatic rings. The Morgan fingerprint density at radius 2 is 1.68 bits per heavy atom. The number of hydrogen-bond acceptors (Lipinski definition) is 2. The normalized spacial score (nSPS) is 10.0. The zero-order valence-electron chi connectivity index (χ0n) is 9.90. The molecule has 0 aromatic heterocycles. The highest BCUT2D eigenvalue weighted by Gasteiger charge is 2.14. The Hall–Kier alpha value is -0.890. The van der Waals surface area contributed by atoms with Crippen molar-refractivity contribution in [2.24, 2.45) is 0 Å². The van der Waals surface area contributed by atoms with E-state index in [9.17, 15) is 4.79 Å². The van der Waals surface area contributed by atoms with Crippen LogP contribution in [0.3, 0.4) is 0 Å². The summed E-state index contributed by atoms with van der Waals surface area (Å²) in [6.45, 7) is 3.74. The zero-order chi connectivity index (χ0) is 13.8. The summed E-state index contributed by atoms with van der Waals surface area (Å²) in [7, 11) is 0. The van der Waals surface area contributed by atoms with Crippen molar-refractivity contribution in [2.45, 2.75) is 0 Å². The quantitative estimate of drug-likeness (QED) is 0.363. The minimum atomic E-state index is -0.345. The van der Waals surface area contributed by atoms with Gasteiger partial charge in [-0.15, -0.1) is 0 Å². The molecule has 2 aromatic rings. The maximum absolute atomic E-state index is 12.0. The first-order valence-electron chi connectivity index (χ1n) is 5.50. The van der Waals surface area contributed by atoms with Crippen molar-refractivity contribution in [1.29, 1.82) is 0 Å². The minimum Gasteiger partial charge on any atom is -0.421 e. The van der Waals surface area contributed by atoms with E-state index in [2.05, 4.69) is 51.8 Å². The fourth-order valence-electron chi connectivity index (χ4n) is 1.52. The lowest BCUT2D eigenvalue weighted by Crippen LogP contribution is -2.10. The first-order chi connectivity index (χ1) is 9.11. The lowest BCUT2D eigenvalue weighted by molar-refractivity contribution is 0.0732. The summed E-state index contributed by atoms with van der Waals surface area (Å²) in [4.78, 5) is 12.0. The smallest absolute Gasteiger partial charge is 0.343 e. The SMILES string of the molecule is C=Cc1cc(I)c(OC(=O)c2ccccc2)c(I)c1. The average molecular weight is 476 g/mol.